The van der Waals surface area contributed by atoms with Crippen LogP contribution in [0.4, 0.5) is 14.6 Å². The Labute approximate surface area is 195 Å². The Kier molecular flexibility index (Phi) is 5.82. The molecule has 3 fully saturated rings. The summed E-state index contributed by atoms with van der Waals surface area (Å²) in [6.07, 6.45) is 3.60. The van der Waals surface area contributed by atoms with Crippen molar-refractivity contribution in [3.05, 3.63) is 17.2 Å². The maximum atomic E-state index is 14.9. The third-order valence-electron chi connectivity index (χ3n) is 6.97. The van der Waals surface area contributed by atoms with Crippen molar-refractivity contribution in [2.45, 2.75) is 49.1 Å². The van der Waals surface area contributed by atoms with Crippen LogP contribution in [0.25, 0.3) is 10.9 Å². The minimum Gasteiger partial charge on any atom is -0.461 e. The summed E-state index contributed by atoms with van der Waals surface area (Å²) >= 11 is 5.88. The molecule has 0 radical (unpaired) electrons. The van der Waals surface area contributed by atoms with Crippen molar-refractivity contribution in [1.29, 1.82) is 0 Å². The molecule has 5 rings (SSSR count). The van der Waals surface area contributed by atoms with E-state index in [4.69, 9.17) is 21.5 Å². The van der Waals surface area contributed by atoms with Crippen LogP contribution in [0.1, 0.15) is 32.1 Å². The molecule has 0 spiro atoms. The molecule has 2 aromatic rings. The molecule has 2 aromatic heterocycles. The molecular formula is C20H25ClF2N6O3S. The fraction of sp³-hybridized carbons (Fsp3) is 0.650. The van der Waals surface area contributed by atoms with Gasteiger partial charge in [-0.25, -0.2) is 27.3 Å². The highest BCUT2D eigenvalue weighted by Gasteiger charge is 2.49. The number of fused-ring (bicyclic) bond motifs is 2. The molecule has 0 saturated carbocycles. The number of halogens is 3. The van der Waals surface area contributed by atoms with Crippen molar-refractivity contribution in [3.63, 3.8) is 0 Å². The van der Waals surface area contributed by atoms with Crippen molar-refractivity contribution >= 4 is 38.3 Å². The summed E-state index contributed by atoms with van der Waals surface area (Å²) in [5, 5.41) is 4.57. The zero-order chi connectivity index (χ0) is 23.4. The fourth-order valence-electron chi connectivity index (χ4n) is 5.35. The monoisotopic (exact) mass is 502 g/mol. The van der Waals surface area contributed by atoms with Gasteiger partial charge in [-0.2, -0.15) is 9.97 Å². The molecule has 1 unspecified atom stereocenters. The first-order valence-corrected chi connectivity index (χ1v) is 13.0. The number of ether oxygens (including phenoxy) is 1. The van der Waals surface area contributed by atoms with Gasteiger partial charge in [0, 0.05) is 32.3 Å². The van der Waals surface area contributed by atoms with Crippen LogP contribution in [0.15, 0.2) is 6.20 Å². The number of hydrogen-bond donors (Lipinski definition) is 1. The molecule has 180 valence electrons. The maximum absolute atomic E-state index is 14.9. The van der Waals surface area contributed by atoms with Crippen molar-refractivity contribution in [2.24, 2.45) is 5.14 Å². The number of piperidine rings is 1. The number of hydrogen-bond acceptors (Lipinski definition) is 8. The molecule has 5 heterocycles. The number of rotatable bonds is 5. The maximum Gasteiger partial charge on any atom is 0.319 e. The molecule has 3 aliphatic heterocycles. The van der Waals surface area contributed by atoms with Gasteiger partial charge in [0.05, 0.1) is 16.2 Å². The van der Waals surface area contributed by atoms with E-state index in [0.717, 1.165) is 19.4 Å². The summed E-state index contributed by atoms with van der Waals surface area (Å²) in [4.78, 5) is 16.4. The Hall–Kier alpha value is -1.89. The van der Waals surface area contributed by atoms with E-state index in [-0.39, 0.29) is 29.8 Å². The largest absolute Gasteiger partial charge is 0.461 e. The predicted molar refractivity (Wildman–Crippen MR) is 119 cm³/mol. The molecule has 3 aliphatic rings. The SMILES string of the molecule is NS(=O)(=O)[C@@H]1CCCN(c2nc(OCC34CCCN3C[C@H](F)C4)nc3c(F)c(Cl)ncc23)C1. The van der Waals surface area contributed by atoms with Crippen LogP contribution in [0.3, 0.4) is 0 Å². The summed E-state index contributed by atoms with van der Waals surface area (Å²) in [6, 6.07) is -0.0695. The van der Waals surface area contributed by atoms with Gasteiger partial charge in [-0.15, -0.1) is 0 Å². The quantitative estimate of drug-likeness (QED) is 0.618. The number of nitrogens with zero attached hydrogens (tertiary/aromatic N) is 5. The minimum absolute atomic E-state index is 0.0664. The summed E-state index contributed by atoms with van der Waals surface area (Å²) < 4.78 is 58.8. The van der Waals surface area contributed by atoms with Crippen LogP contribution < -0.4 is 14.8 Å². The van der Waals surface area contributed by atoms with E-state index in [1.54, 1.807) is 4.90 Å². The molecule has 0 amide bonds. The van der Waals surface area contributed by atoms with Crippen LogP contribution in [0.2, 0.25) is 5.15 Å². The molecule has 0 aliphatic carbocycles. The van der Waals surface area contributed by atoms with Crippen LogP contribution in [0, 0.1) is 5.82 Å². The van der Waals surface area contributed by atoms with Gasteiger partial charge in [-0.05, 0) is 32.2 Å². The lowest BCUT2D eigenvalue weighted by molar-refractivity contribution is 0.107. The first-order chi connectivity index (χ1) is 15.7. The van der Waals surface area contributed by atoms with Gasteiger partial charge >= 0.3 is 6.01 Å². The molecule has 9 nitrogen and oxygen atoms in total. The van der Waals surface area contributed by atoms with E-state index in [1.807, 2.05) is 0 Å². The Balaban J connectivity index is 1.50. The van der Waals surface area contributed by atoms with Gasteiger partial charge in [0.15, 0.2) is 11.0 Å². The van der Waals surface area contributed by atoms with Crippen molar-refractivity contribution in [3.8, 4) is 6.01 Å². The molecule has 33 heavy (non-hydrogen) atoms. The van der Waals surface area contributed by atoms with Crippen LogP contribution in [-0.2, 0) is 10.0 Å². The Morgan fingerprint density at radius 2 is 2.09 bits per heavy atom. The molecular weight excluding hydrogens is 478 g/mol. The normalized spacial score (nSPS) is 28.4. The Morgan fingerprint density at radius 1 is 1.27 bits per heavy atom. The molecule has 0 bridgehead atoms. The fourth-order valence-corrected chi connectivity index (χ4v) is 6.37. The van der Waals surface area contributed by atoms with Gasteiger partial charge in [0.2, 0.25) is 10.0 Å². The van der Waals surface area contributed by atoms with E-state index in [2.05, 4.69) is 19.9 Å². The third kappa shape index (κ3) is 4.22. The number of nitrogens with two attached hydrogens (primary N) is 1. The molecule has 13 heteroatoms. The van der Waals surface area contributed by atoms with Crippen molar-refractivity contribution in [2.75, 3.05) is 37.7 Å². The topological polar surface area (TPSA) is 115 Å². The number of aromatic nitrogens is 3. The van der Waals surface area contributed by atoms with E-state index in [1.165, 1.54) is 6.20 Å². The lowest BCUT2D eigenvalue weighted by Gasteiger charge is -2.33. The van der Waals surface area contributed by atoms with E-state index in [9.17, 15) is 17.2 Å². The first-order valence-electron chi connectivity index (χ1n) is 11.0. The summed E-state index contributed by atoms with van der Waals surface area (Å²) in [6.45, 7) is 1.98. The number of sulfonamides is 1. The zero-order valence-electron chi connectivity index (χ0n) is 17.9. The smallest absolute Gasteiger partial charge is 0.319 e. The van der Waals surface area contributed by atoms with E-state index in [0.29, 0.717) is 43.6 Å². The number of pyridine rings is 1. The van der Waals surface area contributed by atoms with Crippen molar-refractivity contribution < 1.29 is 21.9 Å². The Morgan fingerprint density at radius 3 is 2.88 bits per heavy atom. The van der Waals surface area contributed by atoms with Gasteiger partial charge in [0.25, 0.3) is 0 Å². The average molecular weight is 503 g/mol. The van der Waals surface area contributed by atoms with E-state index >= 15 is 0 Å². The third-order valence-corrected chi connectivity index (χ3v) is 8.55. The van der Waals surface area contributed by atoms with Gasteiger partial charge in [-0.1, -0.05) is 11.6 Å². The second-order valence-corrected chi connectivity index (χ2v) is 11.3. The molecule has 2 N–H and O–H groups in total. The van der Waals surface area contributed by atoms with Gasteiger partial charge < -0.3 is 9.64 Å². The summed E-state index contributed by atoms with van der Waals surface area (Å²) in [5.74, 6) is -0.505. The van der Waals surface area contributed by atoms with Crippen LogP contribution in [0.5, 0.6) is 6.01 Å². The summed E-state index contributed by atoms with van der Waals surface area (Å²) in [5.41, 5.74) is -0.487. The highest BCUT2D eigenvalue weighted by molar-refractivity contribution is 7.89. The van der Waals surface area contributed by atoms with Crippen LogP contribution >= 0.6 is 11.6 Å². The van der Waals surface area contributed by atoms with Crippen LogP contribution in [-0.4, -0.2) is 78.0 Å². The molecule has 3 atom stereocenters. The average Bonchev–Trinajstić information content (AvgIpc) is 3.30. The predicted octanol–water partition coefficient (Wildman–Crippen LogP) is 2.03. The van der Waals surface area contributed by atoms with Gasteiger partial charge in [-0.3, -0.25) is 4.90 Å². The Bertz CT molecular complexity index is 1190. The summed E-state index contributed by atoms with van der Waals surface area (Å²) in [7, 11) is -3.75. The second-order valence-electron chi connectivity index (χ2n) is 9.12. The first kappa shape index (κ1) is 22.9. The highest BCUT2D eigenvalue weighted by atomic mass is 35.5. The lowest BCUT2D eigenvalue weighted by atomic mass is 9.95. The zero-order valence-corrected chi connectivity index (χ0v) is 19.5. The van der Waals surface area contributed by atoms with Crippen molar-refractivity contribution in [1.82, 2.24) is 19.9 Å². The minimum atomic E-state index is -3.75. The number of anilines is 1. The molecule has 3 saturated heterocycles. The molecule has 0 aromatic carbocycles. The highest BCUT2D eigenvalue weighted by Crippen LogP contribution is 2.40. The lowest BCUT2D eigenvalue weighted by Crippen LogP contribution is -2.45. The standard InChI is InChI=1S/C20H25ClF2N6O3S/c21-17-15(23)16-14(8-25-17)18(28-5-1-3-13(10-28)33(24,30)31)27-19(26-16)32-11-20-4-2-6-29(20)9-12(22)7-20/h8,12-13H,1-7,9-11H2,(H2,24,30,31)/t12-,13-,20?/m1/s1. The van der Waals surface area contributed by atoms with E-state index < -0.39 is 32.8 Å². The number of alkyl halides is 1. The number of primary sulfonamides is 1. The second kappa shape index (κ2) is 8.40. The van der Waals surface area contributed by atoms with Gasteiger partial charge in [0.1, 0.15) is 24.1 Å².